The van der Waals surface area contributed by atoms with Gasteiger partial charge in [0, 0.05) is 11.6 Å². The summed E-state index contributed by atoms with van der Waals surface area (Å²) < 4.78 is 0. The van der Waals surface area contributed by atoms with Gasteiger partial charge >= 0.3 is 0 Å². The van der Waals surface area contributed by atoms with E-state index in [0.29, 0.717) is 5.56 Å². The highest BCUT2D eigenvalue weighted by Crippen LogP contribution is 2.29. The number of fused-ring (bicyclic) bond motifs is 1. The molecule has 3 aromatic rings. The molecule has 4 nitrogen and oxygen atoms in total. The Morgan fingerprint density at radius 3 is 2.84 bits per heavy atom. The van der Waals surface area contributed by atoms with Crippen molar-refractivity contribution in [3.8, 4) is 6.07 Å². The van der Waals surface area contributed by atoms with E-state index in [0.717, 1.165) is 21.0 Å². The van der Waals surface area contributed by atoms with Crippen LogP contribution in [0.2, 0.25) is 0 Å². The fourth-order valence-electron chi connectivity index (χ4n) is 1.70. The van der Waals surface area contributed by atoms with Gasteiger partial charge in [0.2, 0.25) is 0 Å². The predicted octanol–water partition coefficient (Wildman–Crippen LogP) is 3.05. The van der Waals surface area contributed by atoms with E-state index in [1.807, 2.05) is 24.3 Å². The maximum atomic E-state index is 8.89. The summed E-state index contributed by atoms with van der Waals surface area (Å²) in [5.41, 5.74) is 1.49. The second kappa shape index (κ2) is 5.04. The molecule has 19 heavy (non-hydrogen) atoms. The summed E-state index contributed by atoms with van der Waals surface area (Å²) in [6, 6.07) is 13.4. The molecule has 5 heteroatoms. The predicted molar refractivity (Wildman–Crippen MR) is 72.6 cm³/mol. The lowest BCUT2D eigenvalue weighted by Crippen LogP contribution is -1.88. The van der Waals surface area contributed by atoms with Crippen LogP contribution in [0.4, 0.5) is 0 Å². The van der Waals surface area contributed by atoms with Gasteiger partial charge in [-0.25, -0.2) is 15.0 Å². The zero-order valence-corrected chi connectivity index (χ0v) is 10.6. The molecular formula is C14H8N4S. The molecule has 0 atom stereocenters. The topological polar surface area (TPSA) is 62.5 Å². The summed E-state index contributed by atoms with van der Waals surface area (Å²) in [4.78, 5) is 12.7. The smallest absolute Gasteiger partial charge is 0.117 e. The van der Waals surface area contributed by atoms with Crippen LogP contribution in [0.15, 0.2) is 59.0 Å². The number of para-hydroxylation sites is 1. The minimum Gasteiger partial charge on any atom is -0.249 e. The Labute approximate surface area is 114 Å². The van der Waals surface area contributed by atoms with Crippen molar-refractivity contribution >= 4 is 22.7 Å². The maximum Gasteiger partial charge on any atom is 0.117 e. The average Bonchev–Trinajstić information content (AvgIpc) is 2.48. The van der Waals surface area contributed by atoms with E-state index in [4.69, 9.17) is 5.26 Å². The van der Waals surface area contributed by atoms with Crippen molar-refractivity contribution in [2.75, 3.05) is 0 Å². The number of aromatic nitrogens is 3. The monoisotopic (exact) mass is 264 g/mol. The lowest BCUT2D eigenvalue weighted by Gasteiger charge is -2.03. The molecule has 3 rings (SSSR count). The number of rotatable bonds is 2. The van der Waals surface area contributed by atoms with Gasteiger partial charge < -0.3 is 0 Å². The molecule has 0 saturated heterocycles. The van der Waals surface area contributed by atoms with Crippen LogP contribution >= 0.6 is 11.8 Å². The van der Waals surface area contributed by atoms with Crippen LogP contribution in [-0.4, -0.2) is 15.0 Å². The van der Waals surface area contributed by atoms with E-state index in [1.54, 1.807) is 24.7 Å². The normalized spacial score (nSPS) is 10.3. The van der Waals surface area contributed by atoms with Crippen molar-refractivity contribution < 1.29 is 0 Å². The van der Waals surface area contributed by atoms with Crippen molar-refractivity contribution in [3.05, 3.63) is 54.5 Å². The first-order valence-electron chi connectivity index (χ1n) is 5.60. The van der Waals surface area contributed by atoms with Gasteiger partial charge in [0.1, 0.15) is 16.4 Å². The number of nitrogens with zero attached hydrogens (tertiary/aromatic N) is 4. The number of hydrogen-bond donors (Lipinski definition) is 0. The highest BCUT2D eigenvalue weighted by Gasteiger charge is 2.06. The number of hydrogen-bond acceptors (Lipinski definition) is 5. The summed E-state index contributed by atoms with van der Waals surface area (Å²) in [6.07, 6.45) is 3.17. The van der Waals surface area contributed by atoms with Crippen LogP contribution in [0.3, 0.4) is 0 Å². The maximum absolute atomic E-state index is 8.89. The number of pyridine rings is 1. The molecule has 0 N–H and O–H groups in total. The van der Waals surface area contributed by atoms with E-state index in [9.17, 15) is 0 Å². The lowest BCUT2D eigenvalue weighted by molar-refractivity contribution is 1.08. The molecule has 0 saturated carbocycles. The van der Waals surface area contributed by atoms with E-state index in [2.05, 4.69) is 21.0 Å². The Bertz CT molecular complexity index is 774. The molecule has 0 aliphatic rings. The Hall–Kier alpha value is -2.45. The Morgan fingerprint density at radius 1 is 1.05 bits per heavy atom. The standard InChI is InChI=1S/C14H8N4S/c15-8-10-5-6-16-13(7-10)19-14-11-3-1-2-4-12(11)17-9-18-14/h1-7,9H. The van der Waals surface area contributed by atoms with Gasteiger partial charge in [0.15, 0.2) is 0 Å². The molecule has 0 amide bonds. The van der Waals surface area contributed by atoms with Crippen LogP contribution in [0.5, 0.6) is 0 Å². The van der Waals surface area contributed by atoms with Gasteiger partial charge in [-0.2, -0.15) is 5.26 Å². The van der Waals surface area contributed by atoms with Crippen molar-refractivity contribution in [3.63, 3.8) is 0 Å². The van der Waals surface area contributed by atoms with Crippen LogP contribution in [0, 0.1) is 11.3 Å². The average molecular weight is 264 g/mol. The molecule has 1 aromatic carbocycles. The zero-order valence-electron chi connectivity index (χ0n) is 9.82. The highest BCUT2D eigenvalue weighted by molar-refractivity contribution is 7.99. The fraction of sp³-hybridized carbons (Fsp3) is 0. The number of nitriles is 1. The molecule has 90 valence electrons. The quantitative estimate of drug-likeness (QED) is 0.666. The van der Waals surface area contributed by atoms with Crippen LogP contribution in [0.1, 0.15) is 5.56 Å². The third-order valence-corrected chi connectivity index (χ3v) is 3.52. The van der Waals surface area contributed by atoms with Gasteiger partial charge in [0.05, 0.1) is 17.1 Å². The van der Waals surface area contributed by atoms with E-state index < -0.39 is 0 Å². The third-order valence-electron chi connectivity index (χ3n) is 2.57. The highest BCUT2D eigenvalue weighted by atomic mass is 32.2. The summed E-state index contributed by atoms with van der Waals surface area (Å²) in [5, 5.41) is 11.5. The molecule has 0 aliphatic heterocycles. The minimum absolute atomic E-state index is 0.593. The molecule has 0 unspecified atom stereocenters. The SMILES string of the molecule is N#Cc1ccnc(Sc2ncnc3ccccc23)c1. The van der Waals surface area contributed by atoms with Crippen molar-refractivity contribution in [2.45, 2.75) is 10.1 Å². The van der Waals surface area contributed by atoms with Crippen LogP contribution in [-0.2, 0) is 0 Å². The first-order valence-corrected chi connectivity index (χ1v) is 6.42. The summed E-state index contributed by atoms with van der Waals surface area (Å²) in [6.45, 7) is 0. The Balaban J connectivity index is 2.04. The molecule has 2 heterocycles. The zero-order chi connectivity index (χ0) is 13.1. The molecular weight excluding hydrogens is 256 g/mol. The molecule has 0 bridgehead atoms. The van der Waals surface area contributed by atoms with Crippen molar-refractivity contribution in [1.82, 2.24) is 15.0 Å². The van der Waals surface area contributed by atoms with Gasteiger partial charge in [0.25, 0.3) is 0 Å². The second-order valence-corrected chi connectivity index (χ2v) is 4.80. The lowest BCUT2D eigenvalue weighted by atomic mass is 10.2. The molecule has 0 radical (unpaired) electrons. The van der Waals surface area contributed by atoms with E-state index in [-0.39, 0.29) is 0 Å². The minimum atomic E-state index is 0.593. The molecule has 0 fully saturated rings. The molecule has 2 aromatic heterocycles. The fourth-order valence-corrected chi connectivity index (χ4v) is 2.58. The van der Waals surface area contributed by atoms with Gasteiger partial charge in [-0.3, -0.25) is 0 Å². The third kappa shape index (κ3) is 2.39. The summed E-state index contributed by atoms with van der Waals surface area (Å²) in [5.74, 6) is 0. The van der Waals surface area contributed by atoms with E-state index >= 15 is 0 Å². The van der Waals surface area contributed by atoms with Gasteiger partial charge in [-0.1, -0.05) is 18.2 Å². The van der Waals surface area contributed by atoms with Crippen molar-refractivity contribution in [2.24, 2.45) is 0 Å². The molecule has 0 aliphatic carbocycles. The number of benzene rings is 1. The molecule has 0 spiro atoms. The van der Waals surface area contributed by atoms with Crippen LogP contribution in [0.25, 0.3) is 10.9 Å². The van der Waals surface area contributed by atoms with Crippen molar-refractivity contribution in [1.29, 1.82) is 5.26 Å². The van der Waals surface area contributed by atoms with E-state index in [1.165, 1.54) is 11.8 Å². The Kier molecular flexibility index (Phi) is 3.09. The summed E-state index contributed by atoms with van der Waals surface area (Å²) in [7, 11) is 0. The van der Waals surface area contributed by atoms with Gasteiger partial charge in [-0.05, 0) is 30.0 Å². The Morgan fingerprint density at radius 2 is 1.95 bits per heavy atom. The largest absolute Gasteiger partial charge is 0.249 e. The first-order chi connectivity index (χ1) is 9.36. The first kappa shape index (κ1) is 11.6. The van der Waals surface area contributed by atoms with Crippen LogP contribution < -0.4 is 0 Å². The second-order valence-electron chi connectivity index (χ2n) is 3.79. The summed E-state index contributed by atoms with van der Waals surface area (Å²) >= 11 is 1.43. The van der Waals surface area contributed by atoms with Gasteiger partial charge in [-0.15, -0.1) is 0 Å².